The minimum atomic E-state index is 0.466. The molecule has 0 saturated heterocycles. The van der Waals surface area contributed by atoms with Crippen LogP contribution in [0, 0.1) is 5.92 Å². The molecule has 1 atom stereocenters. The van der Waals surface area contributed by atoms with E-state index in [1.165, 1.54) is 0 Å². The average Bonchev–Trinajstić information content (AvgIpc) is 1.89. The van der Waals surface area contributed by atoms with E-state index < -0.39 is 0 Å². The third-order valence-electron chi connectivity index (χ3n) is 1.31. The van der Waals surface area contributed by atoms with Crippen molar-refractivity contribution < 1.29 is 4.79 Å². The van der Waals surface area contributed by atoms with Gasteiger partial charge in [-0.25, -0.2) is 0 Å². The van der Waals surface area contributed by atoms with Crippen LogP contribution in [0.1, 0.15) is 19.8 Å². The first-order valence-electron chi connectivity index (χ1n) is 3.52. The fourth-order valence-electron chi connectivity index (χ4n) is 0.668. The molecule has 0 aliphatic rings. The molecule has 0 aromatic carbocycles. The van der Waals surface area contributed by atoms with Crippen LogP contribution in [0.5, 0.6) is 0 Å². The topological polar surface area (TPSA) is 17.1 Å². The highest BCUT2D eigenvalue weighted by Gasteiger charge is 1.95. The molecule has 0 aromatic rings. The van der Waals surface area contributed by atoms with Crippen molar-refractivity contribution in [2.24, 2.45) is 5.92 Å². The van der Waals surface area contributed by atoms with Crippen molar-refractivity contribution in [1.82, 2.24) is 0 Å². The molecule has 56 valence electrons. The number of hydrogen-bond donors (Lipinski definition) is 0. The molecule has 0 saturated carbocycles. The molecule has 0 aromatic heterocycles. The third-order valence-corrected chi connectivity index (χ3v) is 1.31. The Kier molecular flexibility index (Phi) is 5.74. The molecule has 0 aliphatic heterocycles. The second-order valence-electron chi connectivity index (χ2n) is 2.41. The molecule has 0 heterocycles. The summed E-state index contributed by atoms with van der Waals surface area (Å²) >= 11 is 0. The van der Waals surface area contributed by atoms with Crippen molar-refractivity contribution >= 4 is 6.29 Å². The smallest absolute Gasteiger partial charge is 0.120 e. The van der Waals surface area contributed by atoms with Crippen LogP contribution in [0.4, 0.5) is 0 Å². The number of carbonyl (C=O) groups is 1. The van der Waals surface area contributed by atoms with Gasteiger partial charge in [-0.05, 0) is 12.3 Å². The number of carbonyl (C=O) groups excluding carboxylic acids is 1. The van der Waals surface area contributed by atoms with Gasteiger partial charge in [-0.2, -0.15) is 0 Å². The summed E-state index contributed by atoms with van der Waals surface area (Å²) in [7, 11) is 0. The van der Waals surface area contributed by atoms with E-state index in [0.717, 1.165) is 12.7 Å². The van der Waals surface area contributed by atoms with E-state index in [9.17, 15) is 4.79 Å². The summed E-state index contributed by atoms with van der Waals surface area (Å²) in [6.07, 6.45) is 8.26. The van der Waals surface area contributed by atoms with Crippen molar-refractivity contribution in [3.05, 3.63) is 24.8 Å². The van der Waals surface area contributed by atoms with Crippen molar-refractivity contribution in [3.8, 4) is 0 Å². The van der Waals surface area contributed by atoms with Gasteiger partial charge in [0.1, 0.15) is 6.29 Å². The van der Waals surface area contributed by atoms with Gasteiger partial charge in [-0.15, -0.1) is 0 Å². The highest BCUT2D eigenvalue weighted by molar-refractivity contribution is 5.49. The summed E-state index contributed by atoms with van der Waals surface area (Å²) in [6, 6.07) is 0. The molecule has 1 nitrogen and oxygen atoms in total. The highest BCUT2D eigenvalue weighted by Crippen LogP contribution is 2.05. The largest absolute Gasteiger partial charge is 0.303 e. The van der Waals surface area contributed by atoms with E-state index in [2.05, 4.69) is 13.5 Å². The maximum atomic E-state index is 10.0. The maximum absolute atomic E-state index is 10.0. The van der Waals surface area contributed by atoms with Crippen LogP contribution in [0.2, 0.25) is 0 Å². The van der Waals surface area contributed by atoms with Gasteiger partial charge < -0.3 is 4.79 Å². The van der Waals surface area contributed by atoms with Crippen LogP contribution in [0.3, 0.4) is 0 Å². The van der Waals surface area contributed by atoms with Crippen LogP contribution in [0.25, 0.3) is 0 Å². The van der Waals surface area contributed by atoms with Crippen molar-refractivity contribution in [3.63, 3.8) is 0 Å². The molecule has 1 heteroatoms. The van der Waals surface area contributed by atoms with E-state index >= 15 is 0 Å². The number of aldehydes is 1. The van der Waals surface area contributed by atoms with Gasteiger partial charge in [0.2, 0.25) is 0 Å². The molecule has 10 heavy (non-hydrogen) atoms. The SMILES string of the molecule is C=C/C=C/C[C@H](C)CC=O. The first-order valence-corrected chi connectivity index (χ1v) is 3.52. The third kappa shape index (κ3) is 5.29. The Morgan fingerprint density at radius 2 is 2.20 bits per heavy atom. The Morgan fingerprint density at radius 1 is 1.50 bits per heavy atom. The zero-order valence-electron chi connectivity index (χ0n) is 6.42. The fraction of sp³-hybridized carbons (Fsp3) is 0.444. The summed E-state index contributed by atoms with van der Waals surface area (Å²) in [5, 5.41) is 0. The Morgan fingerprint density at radius 3 is 2.70 bits per heavy atom. The molecule has 0 amide bonds. The first kappa shape index (κ1) is 9.15. The van der Waals surface area contributed by atoms with Gasteiger partial charge in [-0.1, -0.05) is 31.7 Å². The summed E-state index contributed by atoms with van der Waals surface area (Å²) in [5.41, 5.74) is 0. The standard InChI is InChI=1S/C9H14O/c1-3-4-5-6-9(2)7-8-10/h3-5,8-9H,1,6-7H2,2H3/b5-4+/t9-/m0/s1. The molecular formula is C9H14O. The number of rotatable bonds is 5. The zero-order chi connectivity index (χ0) is 7.82. The lowest BCUT2D eigenvalue weighted by atomic mass is 10.1. The fourth-order valence-corrected chi connectivity index (χ4v) is 0.668. The van der Waals surface area contributed by atoms with Crippen LogP contribution in [-0.2, 0) is 4.79 Å². The summed E-state index contributed by atoms with van der Waals surface area (Å²) in [6.45, 7) is 5.60. The molecule has 0 fully saturated rings. The predicted molar refractivity (Wildman–Crippen MR) is 43.8 cm³/mol. The van der Waals surface area contributed by atoms with Gasteiger partial charge >= 0.3 is 0 Å². The summed E-state index contributed by atoms with van der Waals surface area (Å²) in [5.74, 6) is 0.466. The lowest BCUT2D eigenvalue weighted by Gasteiger charge is -2.00. The first-order chi connectivity index (χ1) is 4.81. The van der Waals surface area contributed by atoms with E-state index in [1.54, 1.807) is 6.08 Å². The lowest BCUT2D eigenvalue weighted by Crippen LogP contribution is -1.91. The molecule has 0 unspecified atom stereocenters. The van der Waals surface area contributed by atoms with Gasteiger partial charge in [0, 0.05) is 6.42 Å². The number of allylic oxidation sites excluding steroid dienone is 3. The van der Waals surface area contributed by atoms with Crippen LogP contribution in [0.15, 0.2) is 24.8 Å². The molecule has 0 aliphatic carbocycles. The van der Waals surface area contributed by atoms with Gasteiger partial charge in [0.25, 0.3) is 0 Å². The minimum Gasteiger partial charge on any atom is -0.303 e. The van der Waals surface area contributed by atoms with Crippen LogP contribution >= 0.6 is 0 Å². The second kappa shape index (κ2) is 6.27. The van der Waals surface area contributed by atoms with Crippen LogP contribution in [-0.4, -0.2) is 6.29 Å². The zero-order valence-corrected chi connectivity index (χ0v) is 6.42. The van der Waals surface area contributed by atoms with Crippen molar-refractivity contribution in [1.29, 1.82) is 0 Å². The van der Waals surface area contributed by atoms with Gasteiger partial charge in [0.15, 0.2) is 0 Å². The van der Waals surface area contributed by atoms with Gasteiger partial charge in [0.05, 0.1) is 0 Å². The molecule has 0 N–H and O–H groups in total. The van der Waals surface area contributed by atoms with E-state index in [0.29, 0.717) is 12.3 Å². The van der Waals surface area contributed by atoms with Crippen LogP contribution < -0.4 is 0 Å². The Hall–Kier alpha value is -0.850. The highest BCUT2D eigenvalue weighted by atomic mass is 16.1. The predicted octanol–water partition coefficient (Wildman–Crippen LogP) is 2.34. The molecule has 0 bridgehead atoms. The average molecular weight is 138 g/mol. The van der Waals surface area contributed by atoms with Crippen molar-refractivity contribution in [2.45, 2.75) is 19.8 Å². The van der Waals surface area contributed by atoms with Crippen molar-refractivity contribution in [2.75, 3.05) is 0 Å². The summed E-state index contributed by atoms with van der Waals surface area (Å²) in [4.78, 5) is 10.0. The van der Waals surface area contributed by atoms with E-state index in [-0.39, 0.29) is 0 Å². The second-order valence-corrected chi connectivity index (χ2v) is 2.41. The molecule has 0 spiro atoms. The minimum absolute atomic E-state index is 0.466. The normalized spacial score (nSPS) is 13.3. The Balaban J connectivity index is 3.37. The lowest BCUT2D eigenvalue weighted by molar-refractivity contribution is -0.108. The molecular weight excluding hydrogens is 124 g/mol. The van der Waals surface area contributed by atoms with Gasteiger partial charge in [-0.3, -0.25) is 0 Å². The van der Waals surface area contributed by atoms with E-state index in [4.69, 9.17) is 0 Å². The quantitative estimate of drug-likeness (QED) is 0.421. The monoisotopic (exact) mass is 138 g/mol. The molecule has 0 radical (unpaired) electrons. The van der Waals surface area contributed by atoms with E-state index in [1.807, 2.05) is 12.2 Å². The maximum Gasteiger partial charge on any atom is 0.120 e. The Labute approximate surface area is 62.4 Å². The molecule has 0 rings (SSSR count). The number of hydrogen-bond acceptors (Lipinski definition) is 1. The Bertz CT molecular complexity index is 125. The summed E-state index contributed by atoms with van der Waals surface area (Å²) < 4.78 is 0.